The summed E-state index contributed by atoms with van der Waals surface area (Å²) in [5.41, 5.74) is 0. The van der Waals surface area contributed by atoms with Crippen molar-refractivity contribution >= 4 is 5.97 Å². The number of hydrogen-bond acceptors (Lipinski definition) is 3. The standard InChI is InChI=1S/C12H22O3/c1-2-5-11-8-3-6-10(13)7-4-9-12(14)15-11/h10-11,13H,2-9H2,1H3/t10-,11?/m0/s1. The molecule has 3 heteroatoms. The van der Waals surface area contributed by atoms with Gasteiger partial charge in [-0.3, -0.25) is 4.79 Å². The van der Waals surface area contributed by atoms with Crippen molar-refractivity contribution in [3.8, 4) is 0 Å². The zero-order valence-electron chi connectivity index (χ0n) is 9.58. The van der Waals surface area contributed by atoms with Gasteiger partial charge in [0.25, 0.3) is 0 Å². The molecule has 0 amide bonds. The summed E-state index contributed by atoms with van der Waals surface area (Å²) < 4.78 is 5.38. The van der Waals surface area contributed by atoms with E-state index in [0.29, 0.717) is 6.42 Å². The highest BCUT2D eigenvalue weighted by Gasteiger charge is 2.16. The summed E-state index contributed by atoms with van der Waals surface area (Å²) in [6, 6.07) is 0. The number of hydrogen-bond donors (Lipinski definition) is 1. The molecule has 15 heavy (non-hydrogen) atoms. The number of ether oxygens (including phenoxy) is 1. The second kappa shape index (κ2) is 6.83. The van der Waals surface area contributed by atoms with Crippen molar-refractivity contribution in [3.05, 3.63) is 0 Å². The van der Waals surface area contributed by atoms with Gasteiger partial charge in [-0.25, -0.2) is 0 Å². The summed E-state index contributed by atoms with van der Waals surface area (Å²) in [7, 11) is 0. The first-order chi connectivity index (χ1) is 7.22. The fraction of sp³-hybridized carbons (Fsp3) is 0.917. The molecule has 1 rings (SSSR count). The van der Waals surface area contributed by atoms with Crippen LogP contribution < -0.4 is 0 Å². The summed E-state index contributed by atoms with van der Waals surface area (Å²) in [6.07, 6.45) is 6.48. The van der Waals surface area contributed by atoms with Gasteiger partial charge in [0.15, 0.2) is 0 Å². The summed E-state index contributed by atoms with van der Waals surface area (Å²) in [5.74, 6) is -0.0949. The van der Waals surface area contributed by atoms with Gasteiger partial charge >= 0.3 is 5.97 Å². The maximum atomic E-state index is 11.4. The molecule has 0 aliphatic carbocycles. The molecule has 0 aromatic heterocycles. The molecule has 1 heterocycles. The Morgan fingerprint density at radius 3 is 2.80 bits per heavy atom. The van der Waals surface area contributed by atoms with Crippen molar-refractivity contribution in [2.75, 3.05) is 0 Å². The molecule has 1 N–H and O–H groups in total. The lowest BCUT2D eigenvalue weighted by Gasteiger charge is -2.20. The second-order valence-electron chi connectivity index (χ2n) is 4.38. The lowest BCUT2D eigenvalue weighted by atomic mass is 10.0. The average Bonchev–Trinajstić information content (AvgIpc) is 2.17. The normalized spacial score (nSPS) is 29.6. The van der Waals surface area contributed by atoms with Crippen LogP contribution in [0.4, 0.5) is 0 Å². The maximum Gasteiger partial charge on any atom is 0.306 e. The highest BCUT2D eigenvalue weighted by molar-refractivity contribution is 5.69. The Morgan fingerprint density at radius 1 is 1.33 bits per heavy atom. The molecule has 0 aromatic rings. The third-order valence-electron chi connectivity index (χ3n) is 2.89. The molecule has 0 aromatic carbocycles. The summed E-state index contributed by atoms with van der Waals surface area (Å²) in [4.78, 5) is 11.4. The first kappa shape index (κ1) is 12.5. The third-order valence-corrected chi connectivity index (χ3v) is 2.89. The Bertz CT molecular complexity index is 191. The minimum Gasteiger partial charge on any atom is -0.462 e. The molecule has 1 saturated heterocycles. The summed E-state index contributed by atoms with van der Waals surface area (Å²) >= 11 is 0. The molecule has 1 aliphatic rings. The Morgan fingerprint density at radius 2 is 2.07 bits per heavy atom. The number of aliphatic hydroxyl groups excluding tert-OH is 1. The molecule has 88 valence electrons. The van der Waals surface area contributed by atoms with Crippen LogP contribution in [0.5, 0.6) is 0 Å². The van der Waals surface area contributed by atoms with E-state index < -0.39 is 0 Å². The van der Waals surface area contributed by atoms with E-state index >= 15 is 0 Å². The fourth-order valence-electron chi connectivity index (χ4n) is 2.04. The van der Waals surface area contributed by atoms with E-state index in [1.165, 1.54) is 0 Å². The van der Waals surface area contributed by atoms with Gasteiger partial charge in [-0.15, -0.1) is 0 Å². The monoisotopic (exact) mass is 214 g/mol. The van der Waals surface area contributed by atoms with Gasteiger partial charge in [-0.1, -0.05) is 13.3 Å². The summed E-state index contributed by atoms with van der Waals surface area (Å²) in [6.45, 7) is 2.10. The Hall–Kier alpha value is -0.570. The molecule has 3 nitrogen and oxygen atoms in total. The van der Waals surface area contributed by atoms with Crippen LogP contribution in [0.3, 0.4) is 0 Å². The van der Waals surface area contributed by atoms with Gasteiger partial charge in [0.1, 0.15) is 6.10 Å². The minimum atomic E-state index is -0.224. The predicted molar refractivity (Wildman–Crippen MR) is 58.5 cm³/mol. The van der Waals surface area contributed by atoms with Crippen molar-refractivity contribution in [1.82, 2.24) is 0 Å². The highest BCUT2D eigenvalue weighted by atomic mass is 16.5. The third kappa shape index (κ3) is 5.17. The lowest BCUT2D eigenvalue weighted by Crippen LogP contribution is -2.21. The van der Waals surface area contributed by atoms with Crippen molar-refractivity contribution in [2.45, 2.75) is 70.5 Å². The Balaban J connectivity index is 2.41. The fourth-order valence-corrected chi connectivity index (χ4v) is 2.04. The van der Waals surface area contributed by atoms with Crippen molar-refractivity contribution in [1.29, 1.82) is 0 Å². The molecule has 2 atom stereocenters. The van der Waals surface area contributed by atoms with Crippen LogP contribution >= 0.6 is 0 Å². The number of cyclic esters (lactones) is 1. The second-order valence-corrected chi connectivity index (χ2v) is 4.38. The molecular formula is C12H22O3. The molecule has 1 fully saturated rings. The quantitative estimate of drug-likeness (QED) is 0.718. The van der Waals surface area contributed by atoms with Gasteiger partial charge < -0.3 is 9.84 Å². The SMILES string of the molecule is CCCC1CCC[C@H](O)CCCC(=O)O1. The van der Waals surface area contributed by atoms with E-state index in [1.54, 1.807) is 0 Å². The van der Waals surface area contributed by atoms with E-state index in [0.717, 1.165) is 44.9 Å². The lowest BCUT2D eigenvalue weighted by molar-refractivity contribution is -0.150. The Kier molecular flexibility index (Phi) is 5.69. The van der Waals surface area contributed by atoms with Crippen LogP contribution in [0.2, 0.25) is 0 Å². The van der Waals surface area contributed by atoms with Crippen LogP contribution in [-0.2, 0) is 9.53 Å². The number of esters is 1. The van der Waals surface area contributed by atoms with Crippen LogP contribution in [0.25, 0.3) is 0 Å². The van der Waals surface area contributed by atoms with E-state index in [4.69, 9.17) is 4.74 Å². The van der Waals surface area contributed by atoms with Gasteiger partial charge in [0.05, 0.1) is 6.10 Å². The smallest absolute Gasteiger partial charge is 0.306 e. The first-order valence-electron chi connectivity index (χ1n) is 6.10. The van der Waals surface area contributed by atoms with Gasteiger partial charge in [0, 0.05) is 6.42 Å². The minimum absolute atomic E-state index is 0.0767. The molecule has 0 bridgehead atoms. The molecule has 1 unspecified atom stereocenters. The topological polar surface area (TPSA) is 46.5 Å². The van der Waals surface area contributed by atoms with E-state index in [-0.39, 0.29) is 18.2 Å². The van der Waals surface area contributed by atoms with Crippen LogP contribution in [0.1, 0.15) is 58.3 Å². The number of carbonyl (C=O) groups excluding carboxylic acids is 1. The predicted octanol–water partition coefficient (Wildman–Crippen LogP) is 2.41. The van der Waals surface area contributed by atoms with Gasteiger partial charge in [-0.2, -0.15) is 0 Å². The highest BCUT2D eigenvalue weighted by Crippen LogP contribution is 2.17. The average molecular weight is 214 g/mol. The number of rotatable bonds is 2. The molecular weight excluding hydrogens is 192 g/mol. The van der Waals surface area contributed by atoms with Crippen molar-refractivity contribution in [2.24, 2.45) is 0 Å². The molecule has 0 saturated carbocycles. The van der Waals surface area contributed by atoms with Gasteiger partial charge in [-0.05, 0) is 38.5 Å². The zero-order valence-corrected chi connectivity index (χ0v) is 9.58. The first-order valence-corrected chi connectivity index (χ1v) is 6.10. The van der Waals surface area contributed by atoms with Crippen LogP contribution in [0.15, 0.2) is 0 Å². The molecule has 0 spiro atoms. The molecule has 0 radical (unpaired) electrons. The van der Waals surface area contributed by atoms with E-state index in [1.807, 2.05) is 0 Å². The van der Waals surface area contributed by atoms with Crippen molar-refractivity contribution < 1.29 is 14.6 Å². The van der Waals surface area contributed by atoms with E-state index in [2.05, 4.69) is 6.92 Å². The zero-order chi connectivity index (χ0) is 11.1. The summed E-state index contributed by atoms with van der Waals surface area (Å²) in [5, 5.41) is 9.58. The molecule has 1 aliphatic heterocycles. The van der Waals surface area contributed by atoms with Crippen LogP contribution in [0, 0.1) is 0 Å². The number of aliphatic hydroxyl groups is 1. The van der Waals surface area contributed by atoms with E-state index in [9.17, 15) is 9.90 Å². The Labute approximate surface area is 91.8 Å². The number of carbonyl (C=O) groups is 1. The largest absolute Gasteiger partial charge is 0.462 e. The van der Waals surface area contributed by atoms with Crippen molar-refractivity contribution in [3.63, 3.8) is 0 Å². The van der Waals surface area contributed by atoms with Crippen LogP contribution in [-0.4, -0.2) is 23.3 Å². The maximum absolute atomic E-state index is 11.4. The van der Waals surface area contributed by atoms with Gasteiger partial charge in [0.2, 0.25) is 0 Å².